The van der Waals surface area contributed by atoms with E-state index in [2.05, 4.69) is 31.4 Å². The van der Waals surface area contributed by atoms with E-state index in [1.165, 1.54) is 14.0 Å². The Labute approximate surface area is 320 Å². The Morgan fingerprint density at radius 1 is 0.981 bits per heavy atom. The van der Waals surface area contributed by atoms with Crippen LogP contribution >= 0.6 is 0 Å². The van der Waals surface area contributed by atoms with Gasteiger partial charge < -0.3 is 39.1 Å². The highest BCUT2D eigenvalue weighted by Crippen LogP contribution is 2.65. The third kappa shape index (κ3) is 9.22. The summed E-state index contributed by atoms with van der Waals surface area (Å²) in [7, 11) is 0.750. The highest BCUT2D eigenvalue weighted by molar-refractivity contribution is 6.48. The number of rotatable bonds is 12. The monoisotopic (exact) mass is 747 g/mol. The van der Waals surface area contributed by atoms with Gasteiger partial charge in [-0.25, -0.2) is 9.59 Å². The van der Waals surface area contributed by atoms with Gasteiger partial charge >= 0.3 is 19.2 Å². The van der Waals surface area contributed by atoms with E-state index in [4.69, 9.17) is 23.5 Å². The van der Waals surface area contributed by atoms with Crippen LogP contribution in [0.3, 0.4) is 0 Å². The molecule has 6 rings (SSSR count). The summed E-state index contributed by atoms with van der Waals surface area (Å²) >= 11 is 0. The van der Waals surface area contributed by atoms with Crippen LogP contribution in [0.4, 0.5) is 4.79 Å². The van der Waals surface area contributed by atoms with Gasteiger partial charge in [0.15, 0.2) is 0 Å². The lowest BCUT2D eigenvalue weighted by Crippen LogP contribution is -2.65. The zero-order valence-electron chi connectivity index (χ0n) is 33.8. The first-order valence-corrected chi connectivity index (χ1v) is 19.0. The SMILES string of the molecule is COc1c(CC(NC(=O)c2cccc(CN(CCNC(=O)OC(C)(C)C)C(C)=O)c2)B2OC3CC4CC(C4(C)C)C3(C)O2)cccc1C(=O)OC(C)(C)C. The Balaban J connectivity index is 1.37. The number of nitrogens with zero attached hydrogens (tertiary/aromatic N) is 1. The summed E-state index contributed by atoms with van der Waals surface area (Å²) in [6.45, 7) is 19.7. The molecule has 0 spiro atoms. The number of methoxy groups -OCH3 is 1. The van der Waals surface area contributed by atoms with Gasteiger partial charge in [-0.3, -0.25) is 9.59 Å². The minimum Gasteiger partial charge on any atom is -0.496 e. The molecule has 0 aromatic heterocycles. The summed E-state index contributed by atoms with van der Waals surface area (Å²) in [5.41, 5.74) is 0.400. The lowest BCUT2D eigenvalue weighted by Gasteiger charge is -2.64. The Bertz CT molecular complexity index is 1730. The van der Waals surface area contributed by atoms with Crippen LogP contribution in [-0.2, 0) is 36.5 Å². The number of nitrogens with one attached hydrogen (secondary N) is 2. The van der Waals surface area contributed by atoms with E-state index in [0.29, 0.717) is 28.7 Å². The Hall–Kier alpha value is -4.10. The molecule has 3 aliphatic carbocycles. The number of carbonyl (C=O) groups excluding carboxylic acids is 4. The molecular weight excluding hydrogens is 689 g/mol. The summed E-state index contributed by atoms with van der Waals surface area (Å²) in [5, 5.41) is 5.89. The lowest BCUT2D eigenvalue weighted by atomic mass is 9.43. The zero-order valence-corrected chi connectivity index (χ0v) is 33.8. The van der Waals surface area contributed by atoms with Crippen LogP contribution in [0, 0.1) is 17.3 Å². The maximum Gasteiger partial charge on any atom is 0.482 e. The van der Waals surface area contributed by atoms with Crippen molar-refractivity contribution in [3.8, 4) is 5.75 Å². The van der Waals surface area contributed by atoms with Crippen LogP contribution < -0.4 is 15.4 Å². The second-order valence-corrected chi connectivity index (χ2v) is 17.7. The molecule has 13 heteroatoms. The number of esters is 1. The summed E-state index contributed by atoms with van der Waals surface area (Å²) < 4.78 is 30.3. The Morgan fingerprint density at radius 3 is 2.30 bits per heavy atom. The van der Waals surface area contributed by atoms with Gasteiger partial charge in [-0.1, -0.05) is 38.1 Å². The van der Waals surface area contributed by atoms with Crippen molar-refractivity contribution in [3.05, 3.63) is 64.7 Å². The first kappa shape index (κ1) is 41.1. The van der Waals surface area contributed by atoms with Crippen LogP contribution in [0.25, 0.3) is 0 Å². The molecule has 3 amide bonds. The second-order valence-electron chi connectivity index (χ2n) is 17.7. The molecule has 5 unspecified atom stereocenters. The molecule has 5 atom stereocenters. The zero-order chi connectivity index (χ0) is 39.8. The van der Waals surface area contributed by atoms with Gasteiger partial charge in [-0.05, 0) is 114 Å². The van der Waals surface area contributed by atoms with Gasteiger partial charge in [0, 0.05) is 32.1 Å². The number of para-hydroxylation sites is 1. The molecule has 294 valence electrons. The molecular formula is C41H58BN3O9. The largest absolute Gasteiger partial charge is 0.496 e. The predicted octanol–water partition coefficient (Wildman–Crippen LogP) is 6.13. The molecule has 2 aromatic rings. The van der Waals surface area contributed by atoms with Crippen molar-refractivity contribution >= 4 is 31.0 Å². The van der Waals surface area contributed by atoms with Gasteiger partial charge in [-0.15, -0.1) is 0 Å². The minimum absolute atomic E-state index is 0.112. The van der Waals surface area contributed by atoms with E-state index >= 15 is 0 Å². The van der Waals surface area contributed by atoms with Crippen LogP contribution in [-0.4, -0.2) is 84.9 Å². The number of hydrogen-bond donors (Lipinski definition) is 2. The van der Waals surface area contributed by atoms with Gasteiger partial charge in [0.25, 0.3) is 5.91 Å². The number of ether oxygens (including phenoxy) is 3. The minimum atomic E-state index is -0.761. The van der Waals surface area contributed by atoms with Gasteiger partial charge in [0.05, 0.1) is 24.8 Å². The van der Waals surface area contributed by atoms with Gasteiger partial charge in [0.1, 0.15) is 22.5 Å². The number of alkyl carbamates (subject to hydrolysis) is 1. The van der Waals surface area contributed by atoms with Crippen molar-refractivity contribution in [1.29, 1.82) is 0 Å². The second kappa shape index (κ2) is 15.6. The highest BCUT2D eigenvalue weighted by Gasteiger charge is 2.68. The van der Waals surface area contributed by atoms with Gasteiger partial charge in [-0.2, -0.15) is 0 Å². The van der Waals surface area contributed by atoms with Crippen molar-refractivity contribution in [2.45, 2.75) is 124 Å². The smallest absolute Gasteiger partial charge is 0.482 e. The van der Waals surface area contributed by atoms with Crippen LogP contribution in [0.1, 0.15) is 114 Å². The molecule has 12 nitrogen and oxygen atoms in total. The van der Waals surface area contributed by atoms with Crippen LogP contribution in [0.15, 0.2) is 42.5 Å². The molecule has 1 heterocycles. The fraction of sp³-hybridized carbons (Fsp3) is 0.610. The molecule has 4 aliphatic rings. The number of amides is 3. The third-order valence-corrected chi connectivity index (χ3v) is 11.0. The molecule has 4 fully saturated rings. The fourth-order valence-corrected chi connectivity index (χ4v) is 8.24. The van der Waals surface area contributed by atoms with E-state index in [1.807, 2.05) is 32.9 Å². The summed E-state index contributed by atoms with van der Waals surface area (Å²) in [6.07, 6.45) is 1.55. The average Bonchev–Trinajstić information content (AvgIpc) is 3.43. The van der Waals surface area contributed by atoms with Crippen molar-refractivity contribution in [1.82, 2.24) is 15.5 Å². The molecule has 2 aromatic carbocycles. The van der Waals surface area contributed by atoms with Crippen molar-refractivity contribution < 1.29 is 42.7 Å². The maximum absolute atomic E-state index is 14.1. The number of carbonyl (C=O) groups is 4. The van der Waals surface area contributed by atoms with E-state index < -0.39 is 41.9 Å². The number of hydrogen-bond acceptors (Lipinski definition) is 9. The molecule has 1 saturated heterocycles. The third-order valence-electron chi connectivity index (χ3n) is 11.0. The van der Waals surface area contributed by atoms with E-state index in [0.717, 1.165) is 18.4 Å². The van der Waals surface area contributed by atoms with E-state index in [9.17, 15) is 19.2 Å². The Kier molecular flexibility index (Phi) is 11.8. The van der Waals surface area contributed by atoms with Gasteiger partial charge in [0.2, 0.25) is 5.91 Å². The quantitative estimate of drug-likeness (QED) is 0.194. The maximum atomic E-state index is 14.1. The first-order chi connectivity index (χ1) is 25.1. The molecule has 2 N–H and O–H groups in total. The molecule has 2 bridgehead atoms. The fourth-order valence-electron chi connectivity index (χ4n) is 8.24. The standard InChI is InChI=1S/C41H58BN3O9/c1-25(46)45(19-18-43-37(49)52-39(5,6)7)24-26-14-12-16-28(20-26)35(47)44-33(42-53-32-23-29-22-31(40(29,8)9)41(32,10)54-42)21-27-15-13-17-30(34(27)50-11)36(48)51-38(2,3)4/h12-17,20,29,31-33H,18-19,21-24H2,1-11H3,(H,43,49)(H,44,47). The van der Waals surface area contributed by atoms with E-state index in [-0.39, 0.29) is 55.0 Å². The molecule has 1 aliphatic heterocycles. The van der Waals surface area contributed by atoms with Crippen molar-refractivity contribution in [2.75, 3.05) is 20.2 Å². The average molecular weight is 748 g/mol. The summed E-state index contributed by atoms with van der Waals surface area (Å²) in [4.78, 5) is 53.6. The van der Waals surface area contributed by atoms with Crippen LogP contribution in [0.2, 0.25) is 0 Å². The van der Waals surface area contributed by atoms with Crippen LogP contribution in [0.5, 0.6) is 5.75 Å². The summed E-state index contributed by atoms with van der Waals surface area (Å²) in [5.74, 6) is -0.449. The molecule has 54 heavy (non-hydrogen) atoms. The summed E-state index contributed by atoms with van der Waals surface area (Å²) in [6, 6.07) is 12.4. The van der Waals surface area contributed by atoms with Crippen molar-refractivity contribution in [2.24, 2.45) is 17.3 Å². The predicted molar refractivity (Wildman–Crippen MR) is 205 cm³/mol. The normalized spacial score (nSPS) is 23.3. The number of benzene rings is 2. The first-order valence-electron chi connectivity index (χ1n) is 19.0. The molecule has 3 saturated carbocycles. The topological polar surface area (TPSA) is 142 Å². The lowest BCUT2D eigenvalue weighted by molar-refractivity contribution is -0.199. The highest BCUT2D eigenvalue weighted by atomic mass is 16.7. The Morgan fingerprint density at radius 2 is 1.67 bits per heavy atom. The van der Waals surface area contributed by atoms with E-state index in [1.54, 1.807) is 56.0 Å². The molecule has 0 radical (unpaired) electrons. The van der Waals surface area contributed by atoms with Crippen molar-refractivity contribution in [3.63, 3.8) is 0 Å².